The molecule has 0 bridgehead atoms. The van der Waals surface area contributed by atoms with Gasteiger partial charge >= 0.3 is 0 Å². The molecule has 0 spiro atoms. The zero-order valence-corrected chi connectivity index (χ0v) is 26.3. The lowest BCUT2D eigenvalue weighted by Crippen LogP contribution is -2.54. The van der Waals surface area contributed by atoms with Crippen molar-refractivity contribution in [2.24, 2.45) is 46.3 Å². The molecule has 5 aliphatic carbocycles. The molecule has 7 rings (SSSR count). The van der Waals surface area contributed by atoms with Crippen LogP contribution in [0, 0.1) is 46.3 Å². The van der Waals surface area contributed by atoms with Crippen molar-refractivity contribution in [1.82, 2.24) is 14.9 Å². The molecule has 1 aromatic heterocycles. The summed E-state index contributed by atoms with van der Waals surface area (Å²) >= 11 is 0. The van der Waals surface area contributed by atoms with E-state index in [4.69, 9.17) is 4.74 Å². The molecule has 5 saturated carbocycles. The molecule has 7 heteroatoms. The fourth-order valence-electron chi connectivity index (χ4n) is 11.1. The van der Waals surface area contributed by atoms with Gasteiger partial charge in [-0.25, -0.2) is 9.97 Å². The zero-order chi connectivity index (χ0) is 29.1. The van der Waals surface area contributed by atoms with E-state index in [-0.39, 0.29) is 6.10 Å². The van der Waals surface area contributed by atoms with E-state index in [1.165, 1.54) is 44.9 Å². The number of carbonyl (C=O) groups is 1. The van der Waals surface area contributed by atoms with E-state index in [9.17, 15) is 9.90 Å². The minimum Gasteiger partial charge on any atom is -0.485 e. The lowest BCUT2D eigenvalue weighted by atomic mass is 9.44. The third-order valence-electron chi connectivity index (χ3n) is 13.6. The van der Waals surface area contributed by atoms with Crippen molar-refractivity contribution in [1.29, 1.82) is 0 Å². The van der Waals surface area contributed by atoms with Gasteiger partial charge in [0.25, 0.3) is 0 Å². The Morgan fingerprint density at radius 1 is 1.00 bits per heavy atom. The van der Waals surface area contributed by atoms with E-state index >= 15 is 0 Å². The Morgan fingerprint density at radius 2 is 1.76 bits per heavy atom. The van der Waals surface area contributed by atoms with E-state index < -0.39 is 0 Å². The van der Waals surface area contributed by atoms with Crippen molar-refractivity contribution in [3.05, 3.63) is 12.5 Å². The second kappa shape index (κ2) is 11.2. The van der Waals surface area contributed by atoms with Gasteiger partial charge in [-0.15, -0.1) is 0 Å². The van der Waals surface area contributed by atoms with Crippen LogP contribution in [-0.4, -0.2) is 64.3 Å². The van der Waals surface area contributed by atoms with Crippen molar-refractivity contribution < 1.29 is 14.6 Å². The molecule has 42 heavy (non-hydrogen) atoms. The largest absolute Gasteiger partial charge is 0.485 e. The summed E-state index contributed by atoms with van der Waals surface area (Å²) in [6.07, 6.45) is 19.0. The highest BCUT2D eigenvalue weighted by molar-refractivity contribution is 5.76. The van der Waals surface area contributed by atoms with Gasteiger partial charge in [0.2, 0.25) is 5.91 Å². The van der Waals surface area contributed by atoms with Gasteiger partial charge in [-0.3, -0.25) is 4.79 Å². The molecular weight excluding hydrogens is 524 g/mol. The molecule has 9 atom stereocenters. The summed E-state index contributed by atoms with van der Waals surface area (Å²) in [5.74, 6) is 6.65. The van der Waals surface area contributed by atoms with Gasteiger partial charge in [0.15, 0.2) is 11.6 Å². The minimum absolute atomic E-state index is 0.0606. The Labute approximate surface area is 253 Å². The first-order valence-corrected chi connectivity index (χ1v) is 17.4. The number of ether oxygens (including phenoxy) is 1. The number of rotatable bonds is 7. The van der Waals surface area contributed by atoms with Gasteiger partial charge < -0.3 is 19.6 Å². The number of nitrogens with zero attached hydrogens (tertiary/aromatic N) is 4. The highest BCUT2D eigenvalue weighted by atomic mass is 16.5. The van der Waals surface area contributed by atoms with E-state index in [0.29, 0.717) is 35.2 Å². The molecule has 0 aromatic carbocycles. The second-order valence-electron chi connectivity index (χ2n) is 15.7. The zero-order valence-electron chi connectivity index (χ0n) is 26.3. The molecule has 6 aliphatic rings. The van der Waals surface area contributed by atoms with Crippen LogP contribution in [0.5, 0.6) is 5.75 Å². The van der Waals surface area contributed by atoms with Gasteiger partial charge in [-0.1, -0.05) is 20.8 Å². The maximum absolute atomic E-state index is 13.4. The molecule has 1 unspecified atom stereocenters. The second-order valence-corrected chi connectivity index (χ2v) is 15.7. The van der Waals surface area contributed by atoms with Crippen LogP contribution in [0.25, 0.3) is 0 Å². The predicted octanol–water partition coefficient (Wildman–Crippen LogP) is 6.10. The average molecular weight is 579 g/mol. The Morgan fingerprint density at radius 3 is 2.55 bits per heavy atom. The quantitative estimate of drug-likeness (QED) is 0.421. The summed E-state index contributed by atoms with van der Waals surface area (Å²) in [6.45, 7) is 10.8. The first-order chi connectivity index (χ1) is 20.3. The van der Waals surface area contributed by atoms with Gasteiger partial charge in [-0.05, 0) is 123 Å². The van der Waals surface area contributed by atoms with Crippen molar-refractivity contribution in [2.75, 3.05) is 31.1 Å². The highest BCUT2D eigenvalue weighted by Gasteiger charge is 2.60. The van der Waals surface area contributed by atoms with Crippen LogP contribution < -0.4 is 9.64 Å². The SMILES string of the molecule is CC(CCC(=O)N1CCN(c2ncncc2OC2CC2)CC1)[C@H]1CC[C@H]2[C@@H]3CC[C@H]4C[C@@H](O)CC[C@]4(C)[C@H]3CC[C@]12C. The molecule has 6 fully saturated rings. The maximum atomic E-state index is 13.4. The number of aliphatic hydroxyl groups excluding tert-OH is 1. The molecule has 0 radical (unpaired) electrons. The van der Waals surface area contributed by atoms with Crippen LogP contribution in [0.3, 0.4) is 0 Å². The van der Waals surface area contributed by atoms with Crippen LogP contribution >= 0.6 is 0 Å². The van der Waals surface area contributed by atoms with Gasteiger partial charge in [0.1, 0.15) is 6.33 Å². The third kappa shape index (κ3) is 5.13. The Hall–Kier alpha value is -1.89. The number of hydrogen-bond acceptors (Lipinski definition) is 6. The lowest BCUT2D eigenvalue weighted by Gasteiger charge is -2.61. The molecule has 1 aromatic rings. The Kier molecular flexibility index (Phi) is 7.72. The molecular formula is C35H54N4O3. The summed E-state index contributed by atoms with van der Waals surface area (Å²) in [7, 11) is 0. The standard InChI is InChI=1S/C35H54N4O3/c1-23(4-11-32(41)38-16-18-39(19-17-38)33-31(21-36-22-37-33)42-26-6-7-26)28-9-10-29-27-8-5-24-20-25(40)12-14-34(24,2)30(27)13-15-35(28,29)3/h21-30,40H,4-20H2,1-3H3/t23?,24-,25-,27-,28+,29-,30-,34-,35+/m0/s1. The molecule has 2 heterocycles. The van der Waals surface area contributed by atoms with Gasteiger partial charge in [-0.2, -0.15) is 0 Å². The molecule has 232 valence electrons. The van der Waals surface area contributed by atoms with E-state index in [1.54, 1.807) is 12.5 Å². The normalized spacial score (nSPS) is 40.6. The molecule has 7 nitrogen and oxygen atoms in total. The average Bonchev–Trinajstić information content (AvgIpc) is 3.74. The number of aliphatic hydroxyl groups is 1. The number of piperazine rings is 1. The first-order valence-electron chi connectivity index (χ1n) is 17.4. The summed E-state index contributed by atoms with van der Waals surface area (Å²) in [4.78, 5) is 26.4. The number of fused-ring (bicyclic) bond motifs is 5. The minimum atomic E-state index is -0.0606. The molecule has 1 N–H and O–H groups in total. The van der Waals surface area contributed by atoms with Crippen LogP contribution in [0.2, 0.25) is 0 Å². The van der Waals surface area contributed by atoms with Crippen molar-refractivity contribution in [3.63, 3.8) is 0 Å². The van der Waals surface area contributed by atoms with E-state index in [2.05, 4.69) is 40.5 Å². The Balaban J connectivity index is 0.922. The number of hydrogen-bond donors (Lipinski definition) is 1. The fraction of sp³-hybridized carbons (Fsp3) is 0.857. The Bertz CT molecular complexity index is 1130. The summed E-state index contributed by atoms with van der Waals surface area (Å²) < 4.78 is 6.05. The van der Waals surface area contributed by atoms with Crippen LogP contribution in [0.1, 0.15) is 104 Å². The molecule has 1 saturated heterocycles. The third-order valence-corrected chi connectivity index (χ3v) is 13.6. The maximum Gasteiger partial charge on any atom is 0.222 e. The smallest absolute Gasteiger partial charge is 0.222 e. The fourth-order valence-corrected chi connectivity index (χ4v) is 11.1. The lowest BCUT2D eigenvalue weighted by molar-refractivity contribution is -0.133. The number of aromatic nitrogens is 2. The molecule has 1 aliphatic heterocycles. The highest BCUT2D eigenvalue weighted by Crippen LogP contribution is 2.68. The van der Waals surface area contributed by atoms with Crippen LogP contribution in [0.4, 0.5) is 5.82 Å². The molecule has 1 amide bonds. The van der Waals surface area contributed by atoms with Gasteiger partial charge in [0, 0.05) is 32.6 Å². The summed E-state index contributed by atoms with van der Waals surface area (Å²) in [6, 6.07) is 0. The van der Waals surface area contributed by atoms with Crippen molar-refractivity contribution in [2.45, 2.75) is 116 Å². The number of amides is 1. The van der Waals surface area contributed by atoms with Crippen molar-refractivity contribution in [3.8, 4) is 5.75 Å². The van der Waals surface area contributed by atoms with Crippen molar-refractivity contribution >= 4 is 11.7 Å². The van der Waals surface area contributed by atoms with Gasteiger partial charge in [0.05, 0.1) is 18.4 Å². The topological polar surface area (TPSA) is 78.8 Å². The predicted molar refractivity (Wildman–Crippen MR) is 164 cm³/mol. The van der Waals surface area contributed by atoms with Crippen LogP contribution in [-0.2, 0) is 4.79 Å². The van der Waals surface area contributed by atoms with E-state index in [1.807, 2.05) is 0 Å². The number of anilines is 1. The van der Waals surface area contributed by atoms with Crippen LogP contribution in [0.15, 0.2) is 12.5 Å². The first kappa shape index (κ1) is 28.9. The summed E-state index contributed by atoms with van der Waals surface area (Å²) in [5, 5.41) is 10.4. The summed E-state index contributed by atoms with van der Waals surface area (Å²) in [5.41, 5.74) is 0.882. The number of carbonyl (C=O) groups excluding carboxylic acids is 1. The monoisotopic (exact) mass is 578 g/mol. The van der Waals surface area contributed by atoms with E-state index in [0.717, 1.165) is 99.4 Å².